The molecule has 29 heavy (non-hydrogen) atoms. The standard InChI is InChI=1S/C21H22N2O4S2/c1-11-6-7-14-15(8-11)29-20(18(14)21(26)27-2)23-17(24)10-16(19(23)25)28-13-5-3-4-12(22)9-13/h3-5,9,11,16H,6-8,10,22H2,1-2H3. The molecule has 1 aromatic carbocycles. The van der Waals surface area contributed by atoms with Crippen LogP contribution in [-0.2, 0) is 27.2 Å². The highest BCUT2D eigenvalue weighted by Gasteiger charge is 2.44. The summed E-state index contributed by atoms with van der Waals surface area (Å²) < 4.78 is 4.99. The maximum Gasteiger partial charge on any atom is 0.341 e. The van der Waals surface area contributed by atoms with Crippen LogP contribution >= 0.6 is 23.1 Å². The summed E-state index contributed by atoms with van der Waals surface area (Å²) >= 11 is 2.71. The van der Waals surface area contributed by atoms with Gasteiger partial charge in [0.2, 0.25) is 11.8 Å². The molecule has 2 unspecified atom stereocenters. The Morgan fingerprint density at radius 2 is 2.10 bits per heavy atom. The zero-order valence-corrected chi connectivity index (χ0v) is 17.9. The number of anilines is 2. The van der Waals surface area contributed by atoms with Crippen LogP contribution in [0.5, 0.6) is 0 Å². The highest BCUT2D eigenvalue weighted by molar-refractivity contribution is 8.00. The number of carbonyl (C=O) groups excluding carboxylic acids is 3. The van der Waals surface area contributed by atoms with Crippen molar-refractivity contribution in [3.63, 3.8) is 0 Å². The van der Waals surface area contributed by atoms with Crippen molar-refractivity contribution in [2.75, 3.05) is 17.7 Å². The molecule has 2 atom stereocenters. The van der Waals surface area contributed by atoms with E-state index in [2.05, 4.69) is 6.92 Å². The van der Waals surface area contributed by atoms with Gasteiger partial charge >= 0.3 is 5.97 Å². The van der Waals surface area contributed by atoms with Gasteiger partial charge < -0.3 is 10.5 Å². The van der Waals surface area contributed by atoms with E-state index in [0.29, 0.717) is 22.2 Å². The van der Waals surface area contributed by atoms with Crippen molar-refractivity contribution in [2.24, 2.45) is 5.92 Å². The van der Waals surface area contributed by atoms with Crippen LogP contribution in [0.15, 0.2) is 29.2 Å². The van der Waals surface area contributed by atoms with Crippen LogP contribution in [0.4, 0.5) is 10.7 Å². The van der Waals surface area contributed by atoms with Crippen molar-refractivity contribution in [3.8, 4) is 0 Å². The Labute approximate surface area is 177 Å². The Morgan fingerprint density at radius 1 is 1.31 bits per heavy atom. The molecule has 1 fully saturated rings. The van der Waals surface area contributed by atoms with Crippen molar-refractivity contribution in [3.05, 3.63) is 40.3 Å². The third-order valence-electron chi connectivity index (χ3n) is 5.33. The number of hydrogen-bond donors (Lipinski definition) is 1. The molecule has 0 radical (unpaired) electrons. The number of fused-ring (bicyclic) bond motifs is 1. The highest BCUT2D eigenvalue weighted by atomic mass is 32.2. The molecule has 8 heteroatoms. The van der Waals surface area contributed by atoms with E-state index in [1.807, 2.05) is 12.1 Å². The average molecular weight is 431 g/mol. The lowest BCUT2D eigenvalue weighted by atomic mass is 9.88. The van der Waals surface area contributed by atoms with Gasteiger partial charge in [0, 0.05) is 21.9 Å². The number of nitrogens with two attached hydrogens (primary N) is 1. The number of ether oxygens (including phenoxy) is 1. The second-order valence-electron chi connectivity index (χ2n) is 7.47. The first kappa shape index (κ1) is 20.0. The number of imide groups is 1. The lowest BCUT2D eigenvalue weighted by Crippen LogP contribution is -2.31. The molecular weight excluding hydrogens is 408 g/mol. The molecule has 2 aliphatic rings. The summed E-state index contributed by atoms with van der Waals surface area (Å²) in [4.78, 5) is 41.6. The van der Waals surface area contributed by atoms with Crippen LogP contribution in [-0.4, -0.2) is 30.1 Å². The van der Waals surface area contributed by atoms with Crippen molar-refractivity contribution >= 4 is 51.6 Å². The van der Waals surface area contributed by atoms with Gasteiger partial charge in [-0.1, -0.05) is 13.0 Å². The van der Waals surface area contributed by atoms with Gasteiger partial charge in [-0.15, -0.1) is 23.1 Å². The predicted molar refractivity (Wildman–Crippen MR) is 114 cm³/mol. The number of methoxy groups -OCH3 is 1. The molecule has 2 heterocycles. The lowest BCUT2D eigenvalue weighted by Gasteiger charge is -2.18. The zero-order valence-electron chi connectivity index (χ0n) is 16.3. The first-order valence-electron chi connectivity index (χ1n) is 9.51. The van der Waals surface area contributed by atoms with Crippen LogP contribution in [0.25, 0.3) is 0 Å². The Morgan fingerprint density at radius 3 is 2.83 bits per heavy atom. The fourth-order valence-corrected chi connectivity index (χ4v) is 6.51. The molecule has 152 valence electrons. The number of rotatable bonds is 4. The fourth-order valence-electron chi connectivity index (χ4n) is 3.87. The fraction of sp³-hybridized carbons (Fsp3) is 0.381. The van der Waals surface area contributed by atoms with E-state index in [4.69, 9.17) is 10.5 Å². The molecule has 2 N–H and O–H groups in total. The van der Waals surface area contributed by atoms with Crippen LogP contribution < -0.4 is 10.6 Å². The number of amides is 2. The summed E-state index contributed by atoms with van der Waals surface area (Å²) in [7, 11) is 1.33. The monoisotopic (exact) mass is 430 g/mol. The second kappa shape index (κ2) is 7.84. The molecule has 1 aliphatic carbocycles. The van der Waals surface area contributed by atoms with E-state index in [1.54, 1.807) is 12.1 Å². The van der Waals surface area contributed by atoms with Gasteiger partial charge in [-0.2, -0.15) is 0 Å². The van der Waals surface area contributed by atoms with E-state index in [9.17, 15) is 14.4 Å². The van der Waals surface area contributed by atoms with Crippen LogP contribution in [0, 0.1) is 5.92 Å². The number of thioether (sulfide) groups is 1. The third kappa shape index (κ3) is 3.67. The number of nitrogen functional groups attached to an aromatic ring is 1. The molecule has 0 saturated carbocycles. The van der Waals surface area contributed by atoms with E-state index in [0.717, 1.165) is 34.6 Å². The van der Waals surface area contributed by atoms with E-state index in [1.165, 1.54) is 35.1 Å². The van der Waals surface area contributed by atoms with Gasteiger partial charge in [-0.3, -0.25) is 9.59 Å². The van der Waals surface area contributed by atoms with Crippen LogP contribution in [0.1, 0.15) is 40.6 Å². The number of carbonyl (C=O) groups is 3. The summed E-state index contributed by atoms with van der Waals surface area (Å²) in [6.07, 6.45) is 2.68. The second-order valence-corrected chi connectivity index (χ2v) is 9.83. The largest absolute Gasteiger partial charge is 0.465 e. The topological polar surface area (TPSA) is 89.7 Å². The smallest absolute Gasteiger partial charge is 0.341 e. The summed E-state index contributed by atoms with van der Waals surface area (Å²) in [6, 6.07) is 7.25. The van der Waals surface area contributed by atoms with Gasteiger partial charge in [-0.25, -0.2) is 9.69 Å². The predicted octanol–water partition coefficient (Wildman–Crippen LogP) is 3.67. The summed E-state index contributed by atoms with van der Waals surface area (Å²) in [5.74, 6) is -0.552. The summed E-state index contributed by atoms with van der Waals surface area (Å²) in [5.41, 5.74) is 7.75. The van der Waals surface area contributed by atoms with Gasteiger partial charge in [0.05, 0.1) is 17.9 Å². The first-order chi connectivity index (χ1) is 13.9. The van der Waals surface area contributed by atoms with Gasteiger partial charge in [0.1, 0.15) is 5.00 Å². The average Bonchev–Trinajstić information content (AvgIpc) is 3.17. The Balaban J connectivity index is 1.68. The van der Waals surface area contributed by atoms with Gasteiger partial charge in [0.25, 0.3) is 0 Å². The molecule has 4 rings (SSSR count). The Hall–Kier alpha value is -2.32. The molecular formula is C21H22N2O4S2. The van der Waals surface area contributed by atoms with Crippen molar-refractivity contribution in [1.82, 2.24) is 0 Å². The zero-order chi connectivity index (χ0) is 20.7. The van der Waals surface area contributed by atoms with E-state index in [-0.39, 0.29) is 18.2 Å². The third-order valence-corrected chi connectivity index (χ3v) is 7.75. The first-order valence-corrected chi connectivity index (χ1v) is 11.2. The SMILES string of the molecule is COC(=O)c1c(N2C(=O)CC(Sc3cccc(N)c3)C2=O)sc2c1CCC(C)C2. The molecule has 0 bridgehead atoms. The van der Waals surface area contributed by atoms with E-state index < -0.39 is 11.2 Å². The Kier molecular flexibility index (Phi) is 5.40. The number of benzene rings is 1. The number of esters is 1. The van der Waals surface area contributed by atoms with E-state index >= 15 is 0 Å². The minimum Gasteiger partial charge on any atom is -0.465 e. The van der Waals surface area contributed by atoms with Gasteiger partial charge in [-0.05, 0) is 48.9 Å². The highest BCUT2D eigenvalue weighted by Crippen LogP contribution is 2.44. The van der Waals surface area contributed by atoms with Crippen molar-refractivity contribution in [1.29, 1.82) is 0 Å². The van der Waals surface area contributed by atoms with Crippen LogP contribution in [0.3, 0.4) is 0 Å². The minimum atomic E-state index is -0.534. The minimum absolute atomic E-state index is 0.0951. The maximum absolute atomic E-state index is 13.2. The molecule has 2 aromatic rings. The molecule has 1 saturated heterocycles. The molecule has 1 aliphatic heterocycles. The summed E-state index contributed by atoms with van der Waals surface area (Å²) in [6.45, 7) is 2.17. The maximum atomic E-state index is 13.2. The molecule has 0 spiro atoms. The number of hydrogen-bond acceptors (Lipinski definition) is 7. The quantitative estimate of drug-likeness (QED) is 0.452. The molecule has 2 amide bonds. The lowest BCUT2D eigenvalue weighted by molar-refractivity contribution is -0.121. The molecule has 1 aromatic heterocycles. The number of nitrogens with zero attached hydrogens (tertiary/aromatic N) is 1. The number of thiophene rings is 1. The van der Waals surface area contributed by atoms with Crippen LogP contribution in [0.2, 0.25) is 0 Å². The van der Waals surface area contributed by atoms with Crippen molar-refractivity contribution in [2.45, 2.75) is 42.8 Å². The summed E-state index contributed by atoms with van der Waals surface area (Å²) in [5, 5.41) is -0.116. The normalized spacial score (nSPS) is 21.4. The Bertz CT molecular complexity index is 1000. The van der Waals surface area contributed by atoms with Crippen molar-refractivity contribution < 1.29 is 19.1 Å². The van der Waals surface area contributed by atoms with Gasteiger partial charge in [0.15, 0.2) is 0 Å². The molecule has 6 nitrogen and oxygen atoms in total.